The van der Waals surface area contributed by atoms with Crippen molar-refractivity contribution in [1.82, 2.24) is 15.2 Å². The Morgan fingerprint density at radius 2 is 2.42 bits per heavy atom. The van der Waals surface area contributed by atoms with Gasteiger partial charge >= 0.3 is 0 Å². The highest BCUT2D eigenvalue weighted by atomic mass is 16.2. The number of nitrogens with zero attached hydrogens (tertiary/aromatic N) is 2. The maximum Gasteiger partial charge on any atom is 0.222 e. The standard InChI is InChI=1S/C15H23N3O/c1-18(10-7-14-6-2-3-9-17-14)15(19)11-13-5-4-8-16-12-13/h2-3,6,9,13,16H,4-5,7-8,10-12H2,1H3. The third-order valence-corrected chi connectivity index (χ3v) is 3.72. The molecule has 1 N–H and O–H groups in total. The first-order valence-corrected chi connectivity index (χ1v) is 7.10. The van der Waals surface area contributed by atoms with E-state index >= 15 is 0 Å². The maximum absolute atomic E-state index is 12.1. The molecule has 4 nitrogen and oxygen atoms in total. The van der Waals surface area contributed by atoms with Crippen LogP contribution in [0.4, 0.5) is 0 Å². The molecule has 19 heavy (non-hydrogen) atoms. The summed E-state index contributed by atoms with van der Waals surface area (Å²) in [6.07, 6.45) is 5.66. The molecule has 1 fully saturated rings. The first kappa shape index (κ1) is 14.0. The average Bonchev–Trinajstić information content (AvgIpc) is 2.47. The molecule has 0 aromatic carbocycles. The van der Waals surface area contributed by atoms with Crippen molar-refractivity contribution >= 4 is 5.91 Å². The molecule has 1 amide bonds. The summed E-state index contributed by atoms with van der Waals surface area (Å²) in [5.74, 6) is 0.767. The Balaban J connectivity index is 1.72. The highest BCUT2D eigenvalue weighted by molar-refractivity contribution is 5.76. The van der Waals surface area contributed by atoms with Crippen molar-refractivity contribution in [3.63, 3.8) is 0 Å². The lowest BCUT2D eigenvalue weighted by Crippen LogP contribution is -2.35. The van der Waals surface area contributed by atoms with Gasteiger partial charge in [0.1, 0.15) is 0 Å². The predicted molar refractivity (Wildman–Crippen MR) is 75.8 cm³/mol. The number of carbonyl (C=O) groups is 1. The predicted octanol–water partition coefficient (Wildman–Crippen LogP) is 1.47. The van der Waals surface area contributed by atoms with Crippen LogP contribution in [0.25, 0.3) is 0 Å². The van der Waals surface area contributed by atoms with E-state index in [-0.39, 0.29) is 5.91 Å². The number of hydrogen-bond donors (Lipinski definition) is 1. The molecular weight excluding hydrogens is 238 g/mol. The molecule has 2 rings (SSSR count). The second kappa shape index (κ2) is 7.24. The Morgan fingerprint density at radius 3 is 3.11 bits per heavy atom. The first-order valence-electron chi connectivity index (χ1n) is 7.10. The van der Waals surface area contributed by atoms with E-state index in [9.17, 15) is 4.79 Å². The molecule has 1 atom stereocenters. The van der Waals surface area contributed by atoms with E-state index in [0.29, 0.717) is 12.3 Å². The summed E-state index contributed by atoms with van der Waals surface area (Å²) in [5, 5.41) is 3.36. The van der Waals surface area contributed by atoms with Crippen LogP contribution in [0, 0.1) is 5.92 Å². The number of hydrogen-bond acceptors (Lipinski definition) is 3. The summed E-state index contributed by atoms with van der Waals surface area (Å²) in [5.41, 5.74) is 1.04. The molecule has 104 valence electrons. The summed E-state index contributed by atoms with van der Waals surface area (Å²) in [7, 11) is 1.89. The monoisotopic (exact) mass is 261 g/mol. The molecule has 0 spiro atoms. The van der Waals surface area contributed by atoms with Gasteiger partial charge < -0.3 is 10.2 Å². The number of pyridine rings is 1. The van der Waals surface area contributed by atoms with Gasteiger partial charge in [-0.25, -0.2) is 0 Å². The van der Waals surface area contributed by atoms with Crippen molar-refractivity contribution < 1.29 is 4.79 Å². The minimum absolute atomic E-state index is 0.254. The van der Waals surface area contributed by atoms with E-state index in [0.717, 1.165) is 31.7 Å². The molecule has 1 aliphatic heterocycles. The van der Waals surface area contributed by atoms with Crippen molar-refractivity contribution in [3.8, 4) is 0 Å². The van der Waals surface area contributed by atoms with Crippen molar-refractivity contribution in [2.75, 3.05) is 26.7 Å². The number of likely N-dealkylation sites (N-methyl/N-ethyl adjacent to an activating group) is 1. The van der Waals surface area contributed by atoms with Crippen molar-refractivity contribution in [3.05, 3.63) is 30.1 Å². The van der Waals surface area contributed by atoms with Crippen molar-refractivity contribution in [2.45, 2.75) is 25.7 Å². The Hall–Kier alpha value is -1.42. The summed E-state index contributed by atoms with van der Waals surface area (Å²) in [4.78, 5) is 18.2. The number of amides is 1. The molecule has 0 saturated carbocycles. The fourth-order valence-electron chi connectivity index (χ4n) is 2.45. The molecule has 2 heterocycles. The average molecular weight is 261 g/mol. The molecule has 4 heteroatoms. The number of piperidine rings is 1. The second-order valence-corrected chi connectivity index (χ2v) is 5.30. The van der Waals surface area contributed by atoms with Gasteiger partial charge in [-0.3, -0.25) is 9.78 Å². The van der Waals surface area contributed by atoms with Crippen LogP contribution in [-0.4, -0.2) is 42.5 Å². The molecule has 1 saturated heterocycles. The SMILES string of the molecule is CN(CCc1ccccn1)C(=O)CC1CCCNC1. The van der Waals surface area contributed by atoms with Crippen molar-refractivity contribution in [2.24, 2.45) is 5.92 Å². The topological polar surface area (TPSA) is 45.2 Å². The van der Waals surface area contributed by atoms with Gasteiger partial charge in [0.25, 0.3) is 0 Å². The fourth-order valence-corrected chi connectivity index (χ4v) is 2.45. The molecule has 0 aliphatic carbocycles. The zero-order valence-corrected chi connectivity index (χ0v) is 11.6. The van der Waals surface area contributed by atoms with Crippen LogP contribution in [-0.2, 0) is 11.2 Å². The maximum atomic E-state index is 12.1. The number of rotatable bonds is 5. The first-order chi connectivity index (χ1) is 9.25. The van der Waals surface area contributed by atoms with Gasteiger partial charge in [0.2, 0.25) is 5.91 Å². The van der Waals surface area contributed by atoms with E-state index in [1.54, 1.807) is 6.20 Å². The van der Waals surface area contributed by atoms with Gasteiger partial charge in [-0.05, 0) is 44.0 Å². The van der Waals surface area contributed by atoms with E-state index in [1.807, 2.05) is 30.1 Å². The van der Waals surface area contributed by atoms with E-state index in [1.165, 1.54) is 12.8 Å². The van der Waals surface area contributed by atoms with Crippen LogP contribution in [0.5, 0.6) is 0 Å². The van der Waals surface area contributed by atoms with Gasteiger partial charge in [0.15, 0.2) is 0 Å². The summed E-state index contributed by atoms with van der Waals surface area (Å²) < 4.78 is 0. The van der Waals surface area contributed by atoms with Crippen LogP contribution < -0.4 is 5.32 Å². The highest BCUT2D eigenvalue weighted by Crippen LogP contribution is 2.15. The Kier molecular flexibility index (Phi) is 5.33. The normalized spacial score (nSPS) is 19.1. The Morgan fingerprint density at radius 1 is 1.53 bits per heavy atom. The largest absolute Gasteiger partial charge is 0.345 e. The van der Waals surface area contributed by atoms with Crippen LogP contribution in [0.3, 0.4) is 0 Å². The van der Waals surface area contributed by atoms with Gasteiger partial charge in [0.05, 0.1) is 0 Å². The quantitative estimate of drug-likeness (QED) is 0.873. The number of carbonyl (C=O) groups excluding carboxylic acids is 1. The zero-order chi connectivity index (χ0) is 13.5. The Labute approximate surface area is 115 Å². The number of nitrogens with one attached hydrogen (secondary N) is 1. The minimum atomic E-state index is 0.254. The smallest absolute Gasteiger partial charge is 0.222 e. The van der Waals surface area contributed by atoms with Crippen LogP contribution in [0.15, 0.2) is 24.4 Å². The van der Waals surface area contributed by atoms with Gasteiger partial charge in [0, 0.05) is 38.3 Å². The lowest BCUT2D eigenvalue weighted by molar-refractivity contribution is -0.131. The minimum Gasteiger partial charge on any atom is -0.345 e. The molecule has 1 aromatic rings. The van der Waals surface area contributed by atoms with Crippen LogP contribution in [0.2, 0.25) is 0 Å². The molecular formula is C15H23N3O. The van der Waals surface area contributed by atoms with E-state index in [4.69, 9.17) is 0 Å². The number of aromatic nitrogens is 1. The summed E-state index contributed by atoms with van der Waals surface area (Å²) >= 11 is 0. The fraction of sp³-hybridized carbons (Fsp3) is 0.600. The van der Waals surface area contributed by atoms with E-state index in [2.05, 4.69) is 10.3 Å². The second-order valence-electron chi connectivity index (χ2n) is 5.30. The molecule has 0 bridgehead atoms. The molecule has 1 aliphatic rings. The highest BCUT2D eigenvalue weighted by Gasteiger charge is 2.18. The molecule has 1 unspecified atom stereocenters. The summed E-state index contributed by atoms with van der Waals surface area (Å²) in [6, 6.07) is 5.90. The lowest BCUT2D eigenvalue weighted by atomic mass is 9.95. The van der Waals surface area contributed by atoms with E-state index < -0.39 is 0 Å². The van der Waals surface area contributed by atoms with Gasteiger partial charge in [-0.1, -0.05) is 6.07 Å². The zero-order valence-electron chi connectivity index (χ0n) is 11.6. The lowest BCUT2D eigenvalue weighted by Gasteiger charge is -2.25. The Bertz CT molecular complexity index is 388. The summed E-state index contributed by atoms with van der Waals surface area (Å²) in [6.45, 7) is 2.83. The molecule has 0 radical (unpaired) electrons. The third kappa shape index (κ3) is 4.63. The third-order valence-electron chi connectivity index (χ3n) is 3.72. The molecule has 1 aromatic heterocycles. The van der Waals surface area contributed by atoms with Crippen LogP contribution in [0.1, 0.15) is 25.0 Å². The van der Waals surface area contributed by atoms with Gasteiger partial charge in [-0.15, -0.1) is 0 Å². The van der Waals surface area contributed by atoms with Crippen molar-refractivity contribution in [1.29, 1.82) is 0 Å². The van der Waals surface area contributed by atoms with Gasteiger partial charge in [-0.2, -0.15) is 0 Å². The van der Waals surface area contributed by atoms with Crippen LogP contribution >= 0.6 is 0 Å².